The summed E-state index contributed by atoms with van der Waals surface area (Å²) in [6, 6.07) is 0. The first-order valence-corrected chi connectivity index (χ1v) is 0.400. The SMILES string of the molecule is Cl.[H-].[N-]=[N+]=[N-].[Na+]. The summed E-state index contributed by atoms with van der Waals surface area (Å²) in [6.45, 7) is 0. The summed E-state index contributed by atoms with van der Waals surface area (Å²) in [6.07, 6.45) is 0. The van der Waals surface area contributed by atoms with Crippen molar-refractivity contribution in [1.82, 2.24) is 0 Å². The van der Waals surface area contributed by atoms with Crippen LogP contribution in [0.5, 0.6) is 0 Å². The molecule has 0 spiro atoms. The maximum Gasteiger partial charge on any atom is 1.00 e. The molecular formula is H2ClN3Na-. The second-order valence-electron chi connectivity index (χ2n) is 0.0894. The van der Waals surface area contributed by atoms with Crippen LogP contribution < -0.4 is 29.6 Å². The van der Waals surface area contributed by atoms with Gasteiger partial charge in [0.2, 0.25) is 0 Å². The molecule has 3 nitrogen and oxygen atoms in total. The third kappa shape index (κ3) is 86.4. The normalized spacial score (nSPS) is 1.60. The van der Waals surface area contributed by atoms with Gasteiger partial charge in [0.25, 0.3) is 0 Å². The number of hydrogen-bond donors (Lipinski definition) is 0. The van der Waals surface area contributed by atoms with Gasteiger partial charge in [-0.3, -0.25) is 4.91 Å². The zero-order valence-electron chi connectivity index (χ0n) is 3.75. The Hall–Kier alpha value is 0.600. The molecule has 0 aromatic carbocycles. The van der Waals surface area contributed by atoms with Crippen LogP contribution in [0.1, 0.15) is 1.43 Å². The van der Waals surface area contributed by atoms with Gasteiger partial charge in [0.05, 0.1) is 0 Å². The van der Waals surface area contributed by atoms with Crippen LogP contribution in [0.2, 0.25) is 0 Å². The molecule has 0 unspecified atom stereocenters. The molecule has 0 heterocycles. The minimum atomic E-state index is 0. The molecule has 0 atom stereocenters. The van der Waals surface area contributed by atoms with E-state index < -0.39 is 0 Å². The Labute approximate surface area is 59.3 Å². The van der Waals surface area contributed by atoms with Gasteiger partial charge in [-0.15, -0.1) is 12.4 Å². The Morgan fingerprint density at radius 3 is 1.40 bits per heavy atom. The number of hydrogen-bond acceptors (Lipinski definition) is 0. The van der Waals surface area contributed by atoms with Crippen molar-refractivity contribution in [2.24, 2.45) is 0 Å². The molecule has 0 bridgehead atoms. The summed E-state index contributed by atoms with van der Waals surface area (Å²) in [5.74, 6) is 0. The quantitative estimate of drug-likeness (QED) is 0.153. The van der Waals surface area contributed by atoms with Crippen molar-refractivity contribution in [3.8, 4) is 0 Å². The molecule has 0 N–H and O–H groups in total. The van der Waals surface area contributed by atoms with Crippen LogP contribution in [-0.4, -0.2) is 0 Å². The number of halogens is 1. The van der Waals surface area contributed by atoms with Gasteiger partial charge in [0.15, 0.2) is 0 Å². The Bertz CT molecular complexity index is 31.8. The van der Waals surface area contributed by atoms with Crippen molar-refractivity contribution in [1.29, 1.82) is 0 Å². The summed E-state index contributed by atoms with van der Waals surface area (Å²) < 4.78 is 0. The standard InChI is InChI=1S/ClH.N3.Na.H/c;1-3-2;;/h1H;;;/q;-1;+1;-1. The van der Waals surface area contributed by atoms with Crippen LogP contribution in [-0.2, 0) is 0 Å². The van der Waals surface area contributed by atoms with E-state index in [9.17, 15) is 0 Å². The average Bonchev–Trinajstić information content (AvgIpc) is 0.918. The number of rotatable bonds is 0. The fourth-order valence-electron chi connectivity index (χ4n) is 0. The van der Waals surface area contributed by atoms with Crippen LogP contribution >= 0.6 is 12.4 Å². The molecule has 0 aliphatic heterocycles. The molecule has 0 aliphatic carbocycles. The molecule has 0 aromatic rings. The first-order valence-electron chi connectivity index (χ1n) is 0.400. The van der Waals surface area contributed by atoms with Crippen molar-refractivity contribution < 1.29 is 31.0 Å². The average molecular weight is 102 g/mol. The van der Waals surface area contributed by atoms with Crippen molar-refractivity contribution in [3.05, 3.63) is 16.0 Å². The third-order valence-corrected chi connectivity index (χ3v) is 0. The van der Waals surface area contributed by atoms with Gasteiger partial charge in [-0.25, -0.2) is 0 Å². The van der Waals surface area contributed by atoms with Gasteiger partial charge in [-0.05, 0) is 0 Å². The Balaban J connectivity index is -0.00000000667. The zero-order chi connectivity index (χ0) is 2.71. The van der Waals surface area contributed by atoms with E-state index in [-0.39, 0.29) is 43.4 Å². The van der Waals surface area contributed by atoms with Gasteiger partial charge in [0, 0.05) is 0 Å². The largest absolute Gasteiger partial charge is 1.00 e. The molecule has 0 fully saturated rings. The second-order valence-corrected chi connectivity index (χ2v) is 0.0894. The van der Waals surface area contributed by atoms with E-state index in [1.165, 1.54) is 4.91 Å². The molecule has 0 radical (unpaired) electrons. The minimum absolute atomic E-state index is 0. The van der Waals surface area contributed by atoms with Crippen LogP contribution in [0.25, 0.3) is 16.0 Å². The molecule has 0 amide bonds. The van der Waals surface area contributed by atoms with Gasteiger partial charge in [-0.2, -0.15) is 0 Å². The predicted molar refractivity (Wildman–Crippen MR) is 18.4 cm³/mol. The molecule has 0 rings (SSSR count). The van der Waals surface area contributed by atoms with E-state index in [0.717, 1.165) is 0 Å². The van der Waals surface area contributed by atoms with Gasteiger partial charge >= 0.3 is 29.6 Å². The predicted octanol–water partition coefficient (Wildman–Crippen LogP) is -1.60. The molecule has 0 aliphatic rings. The van der Waals surface area contributed by atoms with Crippen molar-refractivity contribution in [3.63, 3.8) is 0 Å². The van der Waals surface area contributed by atoms with Gasteiger partial charge in [0.1, 0.15) is 0 Å². The Morgan fingerprint density at radius 1 is 1.40 bits per heavy atom. The van der Waals surface area contributed by atoms with E-state index in [1.54, 1.807) is 0 Å². The van der Waals surface area contributed by atoms with Crippen LogP contribution in [0, 0.1) is 0 Å². The van der Waals surface area contributed by atoms with Crippen molar-refractivity contribution in [2.75, 3.05) is 0 Å². The monoisotopic (exact) mass is 102 g/mol. The van der Waals surface area contributed by atoms with Gasteiger partial charge < -0.3 is 12.5 Å². The number of nitrogens with zero attached hydrogens (tertiary/aromatic N) is 3. The van der Waals surface area contributed by atoms with Crippen LogP contribution in [0.3, 0.4) is 0 Å². The summed E-state index contributed by atoms with van der Waals surface area (Å²) in [5.41, 5.74) is 13.5. The van der Waals surface area contributed by atoms with Crippen molar-refractivity contribution >= 4 is 12.4 Å². The third-order valence-electron chi connectivity index (χ3n) is 0. The Morgan fingerprint density at radius 2 is 1.40 bits per heavy atom. The summed E-state index contributed by atoms with van der Waals surface area (Å²) >= 11 is 0. The van der Waals surface area contributed by atoms with Gasteiger partial charge in [-0.1, -0.05) is 0 Å². The maximum atomic E-state index is 6.75. The first kappa shape index (κ1) is 17.5. The summed E-state index contributed by atoms with van der Waals surface area (Å²) in [7, 11) is 0. The van der Waals surface area contributed by atoms with Crippen molar-refractivity contribution in [2.45, 2.75) is 0 Å². The second kappa shape index (κ2) is 23.3. The summed E-state index contributed by atoms with van der Waals surface area (Å²) in [4.78, 5) is 1.50. The molecule has 0 aromatic heterocycles. The summed E-state index contributed by atoms with van der Waals surface area (Å²) in [5, 5.41) is 0. The molecule has 0 saturated heterocycles. The first-order chi connectivity index (χ1) is 1.41. The van der Waals surface area contributed by atoms with E-state index in [1.807, 2.05) is 0 Å². The topological polar surface area (TPSA) is 58.7 Å². The molecule has 5 heteroatoms. The minimum Gasteiger partial charge on any atom is -1.00 e. The molecule has 26 valence electrons. The van der Waals surface area contributed by atoms with Crippen LogP contribution in [0.4, 0.5) is 0 Å². The maximum absolute atomic E-state index is 6.75. The van der Waals surface area contributed by atoms with Crippen LogP contribution in [0.15, 0.2) is 0 Å². The smallest absolute Gasteiger partial charge is 1.00 e. The van der Waals surface area contributed by atoms with E-state index in [2.05, 4.69) is 0 Å². The molecule has 0 saturated carbocycles. The molecular weight excluding hydrogens is 100 g/mol. The Kier molecular flexibility index (Phi) is 81.6. The van der Waals surface area contributed by atoms with E-state index in [4.69, 9.17) is 11.1 Å². The fraction of sp³-hybridized carbons (Fsp3) is 0. The van der Waals surface area contributed by atoms with E-state index >= 15 is 0 Å². The molecule has 5 heavy (non-hydrogen) atoms. The fourth-order valence-corrected chi connectivity index (χ4v) is 0. The van der Waals surface area contributed by atoms with E-state index in [0.29, 0.717) is 0 Å². The zero-order valence-corrected chi connectivity index (χ0v) is 5.57.